The lowest BCUT2D eigenvalue weighted by atomic mass is 10.2. The molecular formula is C16H20N2O. The van der Waals surface area contributed by atoms with Gasteiger partial charge in [0, 0.05) is 31.5 Å². The number of rotatable bonds is 7. The molecule has 0 aliphatic heterocycles. The average molecular weight is 256 g/mol. The van der Waals surface area contributed by atoms with Crippen molar-refractivity contribution >= 4 is 0 Å². The van der Waals surface area contributed by atoms with Crippen LogP contribution in [0.25, 0.3) is 0 Å². The predicted molar refractivity (Wildman–Crippen MR) is 78.4 cm³/mol. The smallest absolute Gasteiger partial charge is 0.119 e. The molecule has 1 aromatic heterocycles. The van der Waals surface area contributed by atoms with Crippen LogP contribution in [0.5, 0.6) is 5.75 Å². The van der Waals surface area contributed by atoms with Crippen molar-refractivity contribution < 1.29 is 4.74 Å². The molecule has 3 heteroatoms. The van der Waals surface area contributed by atoms with E-state index in [0.29, 0.717) is 0 Å². The Bertz CT molecular complexity index is 531. The lowest BCUT2D eigenvalue weighted by molar-refractivity contribution is 0.414. The van der Waals surface area contributed by atoms with Crippen LogP contribution in [0.3, 0.4) is 0 Å². The summed E-state index contributed by atoms with van der Waals surface area (Å²) in [6, 6.07) is 12.4. The molecule has 0 saturated carbocycles. The van der Waals surface area contributed by atoms with Gasteiger partial charge in [-0.15, -0.1) is 6.58 Å². The highest BCUT2D eigenvalue weighted by Crippen LogP contribution is 2.14. The van der Waals surface area contributed by atoms with Crippen molar-refractivity contribution in [2.45, 2.75) is 13.1 Å². The molecule has 1 aromatic carbocycles. The summed E-state index contributed by atoms with van der Waals surface area (Å²) in [7, 11) is 1.69. The number of nitrogens with one attached hydrogen (secondary N) is 1. The second-order valence-corrected chi connectivity index (χ2v) is 4.40. The zero-order valence-corrected chi connectivity index (χ0v) is 11.3. The fourth-order valence-electron chi connectivity index (χ4n) is 2.03. The lowest BCUT2D eigenvalue weighted by Gasteiger charge is -2.10. The number of nitrogens with zero attached hydrogens (tertiary/aromatic N) is 1. The minimum absolute atomic E-state index is 0.824. The SMILES string of the molecule is C=CCNCc1cccn1Cc1cccc(OC)c1. The molecular weight excluding hydrogens is 236 g/mol. The number of methoxy groups -OCH3 is 1. The molecule has 1 heterocycles. The van der Waals surface area contributed by atoms with Crippen molar-refractivity contribution in [2.24, 2.45) is 0 Å². The van der Waals surface area contributed by atoms with Crippen LogP contribution < -0.4 is 10.1 Å². The van der Waals surface area contributed by atoms with E-state index in [1.165, 1.54) is 11.3 Å². The maximum Gasteiger partial charge on any atom is 0.119 e. The number of hydrogen-bond acceptors (Lipinski definition) is 2. The van der Waals surface area contributed by atoms with E-state index >= 15 is 0 Å². The van der Waals surface area contributed by atoms with Gasteiger partial charge in [0.15, 0.2) is 0 Å². The Balaban J connectivity index is 2.05. The second kappa shape index (κ2) is 6.81. The van der Waals surface area contributed by atoms with Gasteiger partial charge in [0.2, 0.25) is 0 Å². The Hall–Kier alpha value is -2.00. The molecule has 0 radical (unpaired) electrons. The molecule has 0 fully saturated rings. The highest BCUT2D eigenvalue weighted by Gasteiger charge is 2.02. The second-order valence-electron chi connectivity index (χ2n) is 4.40. The van der Waals surface area contributed by atoms with Gasteiger partial charge in [-0.05, 0) is 29.8 Å². The van der Waals surface area contributed by atoms with Crippen molar-refractivity contribution in [3.63, 3.8) is 0 Å². The first-order chi connectivity index (χ1) is 9.33. The number of hydrogen-bond donors (Lipinski definition) is 1. The summed E-state index contributed by atoms with van der Waals surface area (Å²) in [6.07, 6.45) is 3.97. The van der Waals surface area contributed by atoms with E-state index in [1.807, 2.05) is 18.2 Å². The van der Waals surface area contributed by atoms with Crippen LogP contribution in [-0.4, -0.2) is 18.2 Å². The Morgan fingerprint density at radius 3 is 3.00 bits per heavy atom. The molecule has 100 valence electrons. The predicted octanol–water partition coefficient (Wildman–Crippen LogP) is 2.82. The monoisotopic (exact) mass is 256 g/mol. The highest BCUT2D eigenvalue weighted by molar-refractivity contribution is 5.29. The standard InChI is InChI=1S/C16H20N2O/c1-3-9-17-12-15-7-5-10-18(15)13-14-6-4-8-16(11-14)19-2/h3-8,10-11,17H,1,9,12-13H2,2H3. The topological polar surface area (TPSA) is 26.2 Å². The van der Waals surface area contributed by atoms with Gasteiger partial charge in [0.1, 0.15) is 5.75 Å². The average Bonchev–Trinajstić information content (AvgIpc) is 2.87. The summed E-state index contributed by atoms with van der Waals surface area (Å²) >= 11 is 0. The molecule has 0 atom stereocenters. The first kappa shape index (κ1) is 13.4. The molecule has 0 saturated heterocycles. The van der Waals surface area contributed by atoms with Crippen molar-refractivity contribution in [2.75, 3.05) is 13.7 Å². The van der Waals surface area contributed by atoms with Gasteiger partial charge < -0.3 is 14.6 Å². The van der Waals surface area contributed by atoms with Crippen molar-refractivity contribution in [3.8, 4) is 5.75 Å². The molecule has 1 N–H and O–H groups in total. The normalized spacial score (nSPS) is 10.4. The van der Waals surface area contributed by atoms with Gasteiger partial charge in [0.05, 0.1) is 7.11 Å². The van der Waals surface area contributed by atoms with E-state index in [0.717, 1.165) is 25.4 Å². The third kappa shape index (κ3) is 3.73. The van der Waals surface area contributed by atoms with E-state index in [9.17, 15) is 0 Å². The summed E-state index contributed by atoms with van der Waals surface area (Å²) in [6.45, 7) is 6.24. The fourth-order valence-corrected chi connectivity index (χ4v) is 2.03. The van der Waals surface area contributed by atoms with E-state index < -0.39 is 0 Å². The van der Waals surface area contributed by atoms with Crippen LogP contribution in [0.15, 0.2) is 55.3 Å². The van der Waals surface area contributed by atoms with Crippen LogP contribution in [0.2, 0.25) is 0 Å². The van der Waals surface area contributed by atoms with Gasteiger partial charge in [-0.1, -0.05) is 18.2 Å². The Labute approximate surface area is 114 Å². The van der Waals surface area contributed by atoms with Crippen LogP contribution in [-0.2, 0) is 13.1 Å². The quantitative estimate of drug-likeness (QED) is 0.609. The zero-order valence-electron chi connectivity index (χ0n) is 11.3. The van der Waals surface area contributed by atoms with Gasteiger partial charge in [-0.2, -0.15) is 0 Å². The van der Waals surface area contributed by atoms with Crippen LogP contribution in [0.1, 0.15) is 11.3 Å². The molecule has 0 aliphatic carbocycles. The summed E-state index contributed by atoms with van der Waals surface area (Å²) in [4.78, 5) is 0. The molecule has 0 spiro atoms. The molecule has 3 nitrogen and oxygen atoms in total. The van der Waals surface area contributed by atoms with Crippen LogP contribution in [0, 0.1) is 0 Å². The first-order valence-corrected chi connectivity index (χ1v) is 6.42. The minimum atomic E-state index is 0.824. The van der Waals surface area contributed by atoms with Crippen molar-refractivity contribution in [1.29, 1.82) is 0 Å². The maximum atomic E-state index is 5.25. The van der Waals surface area contributed by atoms with E-state index in [1.54, 1.807) is 7.11 Å². The Morgan fingerprint density at radius 1 is 1.32 bits per heavy atom. The number of ether oxygens (including phenoxy) is 1. The third-order valence-electron chi connectivity index (χ3n) is 3.01. The van der Waals surface area contributed by atoms with Crippen molar-refractivity contribution in [1.82, 2.24) is 9.88 Å². The van der Waals surface area contributed by atoms with E-state index in [4.69, 9.17) is 4.74 Å². The van der Waals surface area contributed by atoms with Gasteiger partial charge in [0.25, 0.3) is 0 Å². The molecule has 0 amide bonds. The summed E-state index contributed by atoms with van der Waals surface area (Å²) in [5, 5.41) is 3.32. The zero-order chi connectivity index (χ0) is 13.5. The molecule has 19 heavy (non-hydrogen) atoms. The molecule has 0 unspecified atom stereocenters. The summed E-state index contributed by atoms with van der Waals surface area (Å²) in [5.74, 6) is 0.899. The minimum Gasteiger partial charge on any atom is -0.497 e. The molecule has 0 aliphatic rings. The maximum absolute atomic E-state index is 5.25. The molecule has 2 aromatic rings. The Kier molecular flexibility index (Phi) is 4.81. The summed E-state index contributed by atoms with van der Waals surface area (Å²) < 4.78 is 7.49. The van der Waals surface area contributed by atoms with Gasteiger partial charge in [-0.25, -0.2) is 0 Å². The molecule has 2 rings (SSSR count). The number of aromatic nitrogens is 1. The van der Waals surface area contributed by atoms with Crippen LogP contribution in [0.4, 0.5) is 0 Å². The van der Waals surface area contributed by atoms with Crippen LogP contribution >= 0.6 is 0 Å². The van der Waals surface area contributed by atoms with Crippen molar-refractivity contribution in [3.05, 3.63) is 66.5 Å². The number of benzene rings is 1. The Morgan fingerprint density at radius 2 is 2.21 bits per heavy atom. The molecule has 0 bridgehead atoms. The largest absolute Gasteiger partial charge is 0.497 e. The highest BCUT2D eigenvalue weighted by atomic mass is 16.5. The first-order valence-electron chi connectivity index (χ1n) is 6.42. The fraction of sp³-hybridized carbons (Fsp3) is 0.250. The third-order valence-corrected chi connectivity index (χ3v) is 3.01. The van der Waals surface area contributed by atoms with Gasteiger partial charge in [-0.3, -0.25) is 0 Å². The van der Waals surface area contributed by atoms with E-state index in [-0.39, 0.29) is 0 Å². The van der Waals surface area contributed by atoms with Gasteiger partial charge >= 0.3 is 0 Å². The summed E-state index contributed by atoms with van der Waals surface area (Å²) in [5.41, 5.74) is 2.50. The lowest BCUT2D eigenvalue weighted by Crippen LogP contribution is -2.16. The van der Waals surface area contributed by atoms with E-state index in [2.05, 4.69) is 46.9 Å².